The standard InChI is InChI=1S/C13H18BrClFNO/c1-4-13(2,3)17-5-6-18-12-8-11(16)10(15)7-9(12)14/h7-8,17H,4-6H2,1-3H3. The van der Waals surface area contributed by atoms with Crippen molar-refractivity contribution in [2.24, 2.45) is 0 Å². The monoisotopic (exact) mass is 337 g/mol. The summed E-state index contributed by atoms with van der Waals surface area (Å²) in [6, 6.07) is 2.78. The van der Waals surface area contributed by atoms with Crippen LogP contribution in [0.1, 0.15) is 27.2 Å². The predicted molar refractivity (Wildman–Crippen MR) is 77.0 cm³/mol. The van der Waals surface area contributed by atoms with Gasteiger partial charge in [0.05, 0.1) is 9.50 Å². The van der Waals surface area contributed by atoms with E-state index in [0.717, 1.165) is 6.42 Å². The molecular formula is C13H18BrClFNO. The van der Waals surface area contributed by atoms with Gasteiger partial charge in [-0.25, -0.2) is 4.39 Å². The van der Waals surface area contributed by atoms with Crippen LogP contribution in [0.5, 0.6) is 5.75 Å². The van der Waals surface area contributed by atoms with Crippen LogP contribution in [0.15, 0.2) is 16.6 Å². The molecule has 1 aromatic carbocycles. The molecule has 0 amide bonds. The average molecular weight is 339 g/mol. The van der Waals surface area contributed by atoms with E-state index in [0.29, 0.717) is 23.4 Å². The number of halogens is 3. The van der Waals surface area contributed by atoms with Crippen molar-refractivity contribution in [2.75, 3.05) is 13.2 Å². The van der Waals surface area contributed by atoms with E-state index >= 15 is 0 Å². The van der Waals surface area contributed by atoms with E-state index in [1.807, 2.05) is 0 Å². The molecule has 18 heavy (non-hydrogen) atoms. The lowest BCUT2D eigenvalue weighted by Gasteiger charge is -2.24. The van der Waals surface area contributed by atoms with Gasteiger partial charge in [-0.15, -0.1) is 0 Å². The van der Waals surface area contributed by atoms with Crippen LogP contribution < -0.4 is 10.1 Å². The fraction of sp³-hybridized carbons (Fsp3) is 0.538. The lowest BCUT2D eigenvalue weighted by molar-refractivity contribution is 0.278. The van der Waals surface area contributed by atoms with E-state index in [1.165, 1.54) is 12.1 Å². The largest absolute Gasteiger partial charge is 0.491 e. The van der Waals surface area contributed by atoms with Crippen molar-refractivity contribution in [3.8, 4) is 5.75 Å². The Kier molecular flexibility index (Phi) is 5.89. The van der Waals surface area contributed by atoms with Gasteiger partial charge in [-0.05, 0) is 42.3 Å². The maximum absolute atomic E-state index is 13.3. The summed E-state index contributed by atoms with van der Waals surface area (Å²) in [6.07, 6.45) is 1.03. The Bertz CT molecular complexity index is 412. The maximum Gasteiger partial charge on any atom is 0.145 e. The zero-order valence-electron chi connectivity index (χ0n) is 10.8. The molecule has 102 valence electrons. The van der Waals surface area contributed by atoms with Gasteiger partial charge < -0.3 is 10.1 Å². The summed E-state index contributed by atoms with van der Waals surface area (Å²) in [7, 11) is 0. The molecule has 0 unspecified atom stereocenters. The van der Waals surface area contributed by atoms with Crippen molar-refractivity contribution in [3.05, 3.63) is 27.4 Å². The van der Waals surface area contributed by atoms with Gasteiger partial charge in [-0.3, -0.25) is 0 Å². The molecule has 0 aliphatic rings. The summed E-state index contributed by atoms with van der Waals surface area (Å²) >= 11 is 8.94. The Labute approximate surface area is 121 Å². The predicted octanol–water partition coefficient (Wildman–Crippen LogP) is 4.40. The summed E-state index contributed by atoms with van der Waals surface area (Å²) in [5, 5.41) is 3.45. The van der Waals surface area contributed by atoms with E-state index in [1.54, 1.807) is 0 Å². The van der Waals surface area contributed by atoms with Gasteiger partial charge in [0.15, 0.2) is 0 Å². The molecule has 0 fully saturated rings. The zero-order chi connectivity index (χ0) is 13.8. The summed E-state index contributed by atoms with van der Waals surface area (Å²) in [4.78, 5) is 0. The van der Waals surface area contributed by atoms with Gasteiger partial charge in [0, 0.05) is 18.2 Å². The molecule has 5 heteroatoms. The Morgan fingerprint density at radius 1 is 1.44 bits per heavy atom. The molecular weight excluding hydrogens is 321 g/mol. The van der Waals surface area contributed by atoms with Crippen molar-refractivity contribution >= 4 is 27.5 Å². The first-order chi connectivity index (χ1) is 8.35. The molecule has 1 N–H and O–H groups in total. The Morgan fingerprint density at radius 2 is 2.11 bits per heavy atom. The molecule has 0 spiro atoms. The van der Waals surface area contributed by atoms with Crippen LogP contribution in [0.2, 0.25) is 5.02 Å². The second-order valence-corrected chi connectivity index (χ2v) is 5.97. The lowest BCUT2D eigenvalue weighted by atomic mass is 10.0. The number of hydrogen-bond acceptors (Lipinski definition) is 2. The van der Waals surface area contributed by atoms with Gasteiger partial charge in [0.2, 0.25) is 0 Å². The first kappa shape index (κ1) is 15.7. The van der Waals surface area contributed by atoms with Crippen LogP contribution in [-0.2, 0) is 0 Å². The maximum atomic E-state index is 13.3. The minimum absolute atomic E-state index is 0.0828. The van der Waals surface area contributed by atoms with Gasteiger partial charge >= 0.3 is 0 Å². The molecule has 0 bridgehead atoms. The topological polar surface area (TPSA) is 21.3 Å². The van der Waals surface area contributed by atoms with Crippen molar-refractivity contribution < 1.29 is 9.13 Å². The molecule has 0 saturated carbocycles. The fourth-order valence-electron chi connectivity index (χ4n) is 1.29. The molecule has 0 aromatic heterocycles. The van der Waals surface area contributed by atoms with Crippen LogP contribution in [0.4, 0.5) is 4.39 Å². The highest BCUT2D eigenvalue weighted by Gasteiger charge is 2.13. The van der Waals surface area contributed by atoms with E-state index in [9.17, 15) is 4.39 Å². The van der Waals surface area contributed by atoms with Gasteiger partial charge in [-0.2, -0.15) is 0 Å². The number of hydrogen-bond donors (Lipinski definition) is 1. The third-order valence-corrected chi connectivity index (χ3v) is 3.73. The second-order valence-electron chi connectivity index (χ2n) is 4.71. The third-order valence-electron chi connectivity index (χ3n) is 2.82. The summed E-state index contributed by atoms with van der Waals surface area (Å²) < 4.78 is 19.4. The van der Waals surface area contributed by atoms with Crippen LogP contribution in [0.25, 0.3) is 0 Å². The molecule has 2 nitrogen and oxygen atoms in total. The average Bonchev–Trinajstić information content (AvgIpc) is 2.31. The van der Waals surface area contributed by atoms with Crippen LogP contribution in [0, 0.1) is 5.82 Å². The highest BCUT2D eigenvalue weighted by molar-refractivity contribution is 9.10. The Morgan fingerprint density at radius 3 is 2.72 bits per heavy atom. The van der Waals surface area contributed by atoms with Crippen LogP contribution in [0.3, 0.4) is 0 Å². The van der Waals surface area contributed by atoms with Crippen molar-refractivity contribution in [3.63, 3.8) is 0 Å². The van der Waals surface area contributed by atoms with E-state index in [2.05, 4.69) is 42.0 Å². The van der Waals surface area contributed by atoms with Gasteiger partial charge in [0.25, 0.3) is 0 Å². The Hall–Kier alpha value is -0.320. The summed E-state index contributed by atoms with van der Waals surface area (Å²) in [6.45, 7) is 7.56. The first-order valence-electron chi connectivity index (χ1n) is 5.88. The number of benzene rings is 1. The number of rotatable bonds is 6. The molecule has 1 aromatic rings. The molecule has 0 heterocycles. The minimum atomic E-state index is -0.475. The minimum Gasteiger partial charge on any atom is -0.491 e. The van der Waals surface area contributed by atoms with Crippen molar-refractivity contribution in [1.82, 2.24) is 5.32 Å². The molecule has 0 saturated heterocycles. The first-order valence-corrected chi connectivity index (χ1v) is 7.05. The van der Waals surface area contributed by atoms with E-state index in [-0.39, 0.29) is 10.6 Å². The number of nitrogens with one attached hydrogen (secondary N) is 1. The summed E-state index contributed by atoms with van der Waals surface area (Å²) in [5.74, 6) is -0.00952. The Balaban J connectivity index is 2.47. The van der Waals surface area contributed by atoms with Gasteiger partial charge in [0.1, 0.15) is 18.2 Å². The molecule has 0 atom stereocenters. The van der Waals surface area contributed by atoms with Gasteiger partial charge in [-0.1, -0.05) is 18.5 Å². The highest BCUT2D eigenvalue weighted by atomic mass is 79.9. The van der Waals surface area contributed by atoms with Crippen LogP contribution >= 0.6 is 27.5 Å². The lowest BCUT2D eigenvalue weighted by Crippen LogP contribution is -2.40. The number of ether oxygens (including phenoxy) is 1. The van der Waals surface area contributed by atoms with E-state index < -0.39 is 5.82 Å². The zero-order valence-corrected chi connectivity index (χ0v) is 13.2. The smallest absolute Gasteiger partial charge is 0.145 e. The fourth-order valence-corrected chi connectivity index (χ4v) is 2.04. The molecule has 0 radical (unpaired) electrons. The van der Waals surface area contributed by atoms with Crippen LogP contribution in [-0.4, -0.2) is 18.7 Å². The van der Waals surface area contributed by atoms with Crippen molar-refractivity contribution in [1.29, 1.82) is 0 Å². The third kappa shape index (κ3) is 4.75. The SMILES string of the molecule is CCC(C)(C)NCCOc1cc(F)c(Cl)cc1Br. The molecule has 0 aliphatic carbocycles. The highest BCUT2D eigenvalue weighted by Crippen LogP contribution is 2.30. The van der Waals surface area contributed by atoms with Crippen molar-refractivity contribution in [2.45, 2.75) is 32.7 Å². The normalized spacial score (nSPS) is 11.7. The van der Waals surface area contributed by atoms with E-state index in [4.69, 9.17) is 16.3 Å². The summed E-state index contributed by atoms with van der Waals surface area (Å²) in [5.41, 5.74) is 0.0891. The molecule has 0 aliphatic heterocycles. The quantitative estimate of drug-likeness (QED) is 0.613. The molecule has 1 rings (SSSR count). The second kappa shape index (κ2) is 6.73.